The molecular formula is C20H37NO4SSi. The topological polar surface area (TPSA) is 49.8 Å². The lowest BCUT2D eigenvalue weighted by Gasteiger charge is -2.36. The zero-order valence-electron chi connectivity index (χ0n) is 18.3. The number of hydrogen-bond donors (Lipinski definition) is 0. The van der Waals surface area contributed by atoms with Gasteiger partial charge >= 0.3 is 0 Å². The highest BCUT2D eigenvalue weighted by atomic mass is 32.1. The molecule has 7 heteroatoms. The quantitative estimate of drug-likeness (QED) is 0.264. The highest BCUT2D eigenvalue weighted by molar-refractivity contribution is 7.09. The third kappa shape index (κ3) is 8.98. The Balaban J connectivity index is 2.68. The molecule has 0 amide bonds. The van der Waals surface area contributed by atoms with Crippen LogP contribution in [0, 0.1) is 6.92 Å². The molecule has 0 unspecified atom stereocenters. The van der Waals surface area contributed by atoms with Gasteiger partial charge in [0.25, 0.3) is 0 Å². The van der Waals surface area contributed by atoms with Crippen LogP contribution in [-0.2, 0) is 18.6 Å². The number of aryl methyl sites for hydroxylation is 1. The third-order valence-corrected chi connectivity index (χ3v) is 10.3. The molecule has 0 N–H and O–H groups in total. The third-order valence-electron chi connectivity index (χ3n) is 4.95. The second kappa shape index (κ2) is 11.4. The minimum atomic E-state index is -1.76. The van der Waals surface area contributed by atoms with Crippen molar-refractivity contribution in [1.82, 2.24) is 4.98 Å². The van der Waals surface area contributed by atoms with Gasteiger partial charge < -0.3 is 18.6 Å². The monoisotopic (exact) mass is 415 g/mol. The predicted molar refractivity (Wildman–Crippen MR) is 116 cm³/mol. The maximum absolute atomic E-state index is 6.33. The first-order valence-corrected chi connectivity index (χ1v) is 13.3. The second-order valence-electron chi connectivity index (χ2n) is 8.25. The molecule has 0 aliphatic carbocycles. The van der Waals surface area contributed by atoms with Crippen molar-refractivity contribution in [2.45, 2.75) is 65.3 Å². The number of rotatable bonds is 12. The molecule has 27 heavy (non-hydrogen) atoms. The Kier molecular flexibility index (Phi) is 10.4. The van der Waals surface area contributed by atoms with Gasteiger partial charge in [-0.1, -0.05) is 20.8 Å². The molecule has 0 spiro atoms. The van der Waals surface area contributed by atoms with Gasteiger partial charge in [0.1, 0.15) is 6.79 Å². The zero-order valence-corrected chi connectivity index (χ0v) is 20.1. The summed E-state index contributed by atoms with van der Waals surface area (Å²) in [7, 11) is -0.0990. The Morgan fingerprint density at radius 3 is 2.52 bits per heavy atom. The number of ether oxygens (including phenoxy) is 3. The van der Waals surface area contributed by atoms with Gasteiger partial charge in [0, 0.05) is 19.1 Å². The van der Waals surface area contributed by atoms with Gasteiger partial charge in [-0.25, -0.2) is 4.98 Å². The van der Waals surface area contributed by atoms with E-state index in [0.717, 1.165) is 22.7 Å². The Labute approximate surface area is 170 Å². The number of nitrogens with zero attached hydrogens (tertiary/aromatic N) is 1. The fraction of sp³-hybridized carbons (Fsp3) is 0.750. The standard InChI is InChI=1S/C20H37NO4SSi/c1-16(13-18-14-26-17(2)21-18)19(24-15-23-12-11-22-6)9-10-25-27(7,8)20(3,4)5/h13-14,19H,9-12,15H2,1-8H3/b16-13+/t19-/m0/s1. The molecule has 0 fully saturated rings. The van der Waals surface area contributed by atoms with Crippen molar-refractivity contribution < 1.29 is 18.6 Å². The van der Waals surface area contributed by atoms with Crippen LogP contribution in [0.3, 0.4) is 0 Å². The number of aromatic nitrogens is 1. The van der Waals surface area contributed by atoms with Crippen LogP contribution in [0.4, 0.5) is 0 Å². The van der Waals surface area contributed by atoms with Gasteiger partial charge in [0.2, 0.25) is 0 Å². The fourth-order valence-electron chi connectivity index (χ4n) is 2.18. The molecule has 1 rings (SSSR count). The first-order chi connectivity index (χ1) is 12.6. The van der Waals surface area contributed by atoms with Crippen LogP contribution >= 0.6 is 11.3 Å². The molecule has 0 aliphatic heterocycles. The molecule has 156 valence electrons. The van der Waals surface area contributed by atoms with Gasteiger partial charge in [-0.15, -0.1) is 11.3 Å². The maximum Gasteiger partial charge on any atom is 0.191 e. The summed E-state index contributed by atoms with van der Waals surface area (Å²) < 4.78 is 22.8. The molecule has 1 atom stereocenters. The van der Waals surface area contributed by atoms with E-state index in [2.05, 4.69) is 57.2 Å². The van der Waals surface area contributed by atoms with E-state index in [-0.39, 0.29) is 17.9 Å². The van der Waals surface area contributed by atoms with Crippen LogP contribution in [0.15, 0.2) is 11.0 Å². The summed E-state index contributed by atoms with van der Waals surface area (Å²) in [5, 5.41) is 3.34. The van der Waals surface area contributed by atoms with E-state index >= 15 is 0 Å². The van der Waals surface area contributed by atoms with E-state index in [1.807, 2.05) is 6.92 Å². The van der Waals surface area contributed by atoms with Gasteiger partial charge in [-0.05, 0) is 50.0 Å². The predicted octanol–water partition coefficient (Wildman–Crippen LogP) is 5.27. The summed E-state index contributed by atoms with van der Waals surface area (Å²) in [4.78, 5) is 4.52. The molecular weight excluding hydrogens is 378 g/mol. The average Bonchev–Trinajstić information content (AvgIpc) is 2.96. The average molecular weight is 416 g/mol. The Bertz CT molecular complexity index is 581. The molecule has 0 aliphatic rings. The minimum absolute atomic E-state index is 0.0562. The molecule has 0 bridgehead atoms. The van der Waals surface area contributed by atoms with E-state index < -0.39 is 8.32 Å². The lowest BCUT2D eigenvalue weighted by Crippen LogP contribution is -2.41. The molecule has 1 heterocycles. The first kappa shape index (κ1) is 24.5. The smallest absolute Gasteiger partial charge is 0.191 e. The molecule has 1 aromatic heterocycles. The van der Waals surface area contributed by atoms with E-state index in [9.17, 15) is 0 Å². The largest absolute Gasteiger partial charge is 0.417 e. The molecule has 0 saturated heterocycles. The van der Waals surface area contributed by atoms with Crippen molar-refractivity contribution in [2.24, 2.45) is 0 Å². The van der Waals surface area contributed by atoms with Gasteiger partial charge in [-0.2, -0.15) is 0 Å². The van der Waals surface area contributed by atoms with Gasteiger partial charge in [-0.3, -0.25) is 0 Å². The Morgan fingerprint density at radius 2 is 1.96 bits per heavy atom. The number of thiazole rings is 1. The van der Waals surface area contributed by atoms with Crippen molar-refractivity contribution >= 4 is 25.7 Å². The highest BCUT2D eigenvalue weighted by Gasteiger charge is 2.37. The van der Waals surface area contributed by atoms with Crippen molar-refractivity contribution in [1.29, 1.82) is 0 Å². The van der Waals surface area contributed by atoms with Gasteiger partial charge in [0.15, 0.2) is 8.32 Å². The summed E-state index contributed by atoms with van der Waals surface area (Å²) in [5.74, 6) is 0. The van der Waals surface area contributed by atoms with E-state index in [0.29, 0.717) is 19.8 Å². The van der Waals surface area contributed by atoms with Crippen molar-refractivity contribution in [2.75, 3.05) is 33.7 Å². The van der Waals surface area contributed by atoms with Gasteiger partial charge in [0.05, 0.1) is 30.0 Å². The summed E-state index contributed by atoms with van der Waals surface area (Å²) in [6, 6.07) is 0. The Hall–Kier alpha value is -0.573. The lowest BCUT2D eigenvalue weighted by atomic mass is 10.1. The van der Waals surface area contributed by atoms with E-state index in [4.69, 9.17) is 18.6 Å². The van der Waals surface area contributed by atoms with Crippen LogP contribution in [-0.4, -0.2) is 53.1 Å². The zero-order chi connectivity index (χ0) is 20.5. The highest BCUT2D eigenvalue weighted by Crippen LogP contribution is 2.36. The number of hydrogen-bond acceptors (Lipinski definition) is 6. The van der Waals surface area contributed by atoms with Crippen molar-refractivity contribution in [3.05, 3.63) is 21.7 Å². The first-order valence-electron chi connectivity index (χ1n) is 9.49. The molecule has 5 nitrogen and oxygen atoms in total. The van der Waals surface area contributed by atoms with Crippen LogP contribution in [0.5, 0.6) is 0 Å². The summed E-state index contributed by atoms with van der Waals surface area (Å²) >= 11 is 1.65. The summed E-state index contributed by atoms with van der Waals surface area (Å²) in [6.45, 7) is 17.4. The van der Waals surface area contributed by atoms with Crippen molar-refractivity contribution in [3.63, 3.8) is 0 Å². The second-order valence-corrected chi connectivity index (χ2v) is 14.1. The van der Waals surface area contributed by atoms with Crippen LogP contribution in [0.2, 0.25) is 18.1 Å². The summed E-state index contributed by atoms with van der Waals surface area (Å²) in [5.41, 5.74) is 2.11. The fourth-order valence-corrected chi connectivity index (χ4v) is 3.82. The normalized spacial score (nSPS) is 14.6. The SMILES string of the molecule is COCCOCO[C@@H](CCO[Si](C)(C)C(C)(C)C)/C(C)=C/c1csc(C)n1. The maximum atomic E-state index is 6.33. The van der Waals surface area contributed by atoms with E-state index in [1.165, 1.54) is 0 Å². The molecule has 0 aromatic carbocycles. The summed E-state index contributed by atoms with van der Waals surface area (Å²) in [6.07, 6.45) is 2.83. The lowest BCUT2D eigenvalue weighted by molar-refractivity contribution is -0.0908. The molecule has 0 radical (unpaired) electrons. The van der Waals surface area contributed by atoms with Crippen molar-refractivity contribution in [3.8, 4) is 0 Å². The Morgan fingerprint density at radius 1 is 1.26 bits per heavy atom. The minimum Gasteiger partial charge on any atom is -0.417 e. The van der Waals surface area contributed by atoms with Crippen LogP contribution in [0.1, 0.15) is 44.8 Å². The van der Waals surface area contributed by atoms with Crippen LogP contribution in [0.25, 0.3) is 6.08 Å². The number of methoxy groups -OCH3 is 1. The molecule has 1 aromatic rings. The van der Waals surface area contributed by atoms with Crippen LogP contribution < -0.4 is 0 Å². The molecule has 0 saturated carbocycles. The van der Waals surface area contributed by atoms with E-state index in [1.54, 1.807) is 18.4 Å².